The third kappa shape index (κ3) is 4.87. The number of hydrogen-bond donors (Lipinski definition) is 1. The van der Waals surface area contributed by atoms with Crippen LogP contribution in [-0.4, -0.2) is 70.1 Å². The summed E-state index contributed by atoms with van der Waals surface area (Å²) in [6, 6.07) is 5.43. The van der Waals surface area contributed by atoms with Crippen molar-refractivity contribution >= 4 is 33.4 Å². The van der Waals surface area contributed by atoms with Gasteiger partial charge in [-0.1, -0.05) is 20.8 Å². The number of hydrogen-bond acceptors (Lipinski definition) is 6. The zero-order valence-electron chi connectivity index (χ0n) is 17.6. The number of carboxylic acid groups (broad SMARTS) is 1. The van der Waals surface area contributed by atoms with E-state index < -0.39 is 6.09 Å². The van der Waals surface area contributed by atoms with E-state index >= 15 is 0 Å². The Morgan fingerprint density at radius 2 is 2.03 bits per heavy atom. The summed E-state index contributed by atoms with van der Waals surface area (Å²) in [6.45, 7) is 11.2. The Bertz CT molecular complexity index is 905. The van der Waals surface area contributed by atoms with Gasteiger partial charge in [-0.25, -0.2) is 9.78 Å². The Labute approximate surface area is 175 Å². The van der Waals surface area contributed by atoms with Crippen LogP contribution >= 0.6 is 11.3 Å². The quantitative estimate of drug-likeness (QED) is 0.797. The lowest BCUT2D eigenvalue weighted by Crippen LogP contribution is -2.64. The number of rotatable bonds is 5. The second-order valence-electron chi connectivity index (χ2n) is 8.69. The van der Waals surface area contributed by atoms with E-state index in [1.807, 2.05) is 52.8 Å². The predicted molar refractivity (Wildman–Crippen MR) is 114 cm³/mol. The Balaban J connectivity index is 1.61. The van der Waals surface area contributed by atoms with Gasteiger partial charge in [-0.15, -0.1) is 11.3 Å². The molecule has 1 aliphatic heterocycles. The monoisotopic (exact) mass is 419 g/mol. The van der Waals surface area contributed by atoms with Crippen molar-refractivity contribution in [3.63, 3.8) is 0 Å². The van der Waals surface area contributed by atoms with Gasteiger partial charge in [0.25, 0.3) is 0 Å². The first-order chi connectivity index (χ1) is 13.6. The Kier molecular flexibility index (Phi) is 6.14. The van der Waals surface area contributed by atoms with Crippen molar-refractivity contribution in [2.75, 3.05) is 26.2 Å². The minimum atomic E-state index is -0.904. The molecule has 0 bridgehead atoms. The van der Waals surface area contributed by atoms with Crippen LogP contribution in [0.2, 0.25) is 0 Å². The zero-order chi connectivity index (χ0) is 21.3. The smallest absolute Gasteiger partial charge is 0.407 e. The molecule has 2 heterocycles. The third-order valence-electron chi connectivity index (χ3n) is 5.38. The van der Waals surface area contributed by atoms with E-state index in [0.717, 1.165) is 15.2 Å². The number of amides is 1. The van der Waals surface area contributed by atoms with Crippen LogP contribution in [0.25, 0.3) is 10.2 Å². The van der Waals surface area contributed by atoms with Gasteiger partial charge >= 0.3 is 6.09 Å². The molecule has 1 saturated heterocycles. The minimum absolute atomic E-state index is 0.0132. The molecule has 1 fully saturated rings. The molecular formula is C21H29N3O4S. The SMILES string of the molecule is Cc1nc2cc(OCC(=O)CN3CCN(C(=O)O)C(C(C)(C)C)[C@@H]3C)ccc2s1. The number of aryl methyl sites for hydroxylation is 1. The summed E-state index contributed by atoms with van der Waals surface area (Å²) in [5.74, 6) is 0.607. The highest BCUT2D eigenvalue weighted by Crippen LogP contribution is 2.32. The summed E-state index contributed by atoms with van der Waals surface area (Å²) in [6.07, 6.45) is -0.904. The number of carbonyl (C=O) groups excluding carboxylic acids is 1. The molecule has 0 aliphatic carbocycles. The van der Waals surface area contributed by atoms with Crippen molar-refractivity contribution in [2.45, 2.75) is 46.7 Å². The maximum absolute atomic E-state index is 12.6. The molecule has 1 aromatic heterocycles. The molecule has 1 amide bonds. The van der Waals surface area contributed by atoms with Crippen molar-refractivity contribution in [1.29, 1.82) is 0 Å². The lowest BCUT2D eigenvalue weighted by Gasteiger charge is -2.50. The number of ether oxygens (including phenoxy) is 1. The van der Waals surface area contributed by atoms with Gasteiger partial charge in [-0.05, 0) is 31.4 Å². The molecule has 3 rings (SSSR count). The van der Waals surface area contributed by atoms with Gasteiger partial charge in [0.05, 0.1) is 27.8 Å². The second kappa shape index (κ2) is 8.28. The molecule has 1 N–H and O–H groups in total. The molecule has 0 radical (unpaired) electrons. The Hall–Kier alpha value is -2.19. The maximum atomic E-state index is 12.6. The number of benzene rings is 1. The lowest BCUT2D eigenvalue weighted by atomic mass is 9.80. The van der Waals surface area contributed by atoms with E-state index in [4.69, 9.17) is 4.74 Å². The van der Waals surface area contributed by atoms with Crippen LogP contribution in [-0.2, 0) is 4.79 Å². The normalized spacial score (nSPS) is 20.8. The number of piperazine rings is 1. The fraction of sp³-hybridized carbons (Fsp3) is 0.571. The number of nitrogens with zero attached hydrogens (tertiary/aromatic N) is 3. The van der Waals surface area contributed by atoms with Crippen molar-refractivity contribution in [3.8, 4) is 5.75 Å². The summed E-state index contributed by atoms with van der Waals surface area (Å²) >= 11 is 1.63. The van der Waals surface area contributed by atoms with Crippen LogP contribution in [0.3, 0.4) is 0 Å². The second-order valence-corrected chi connectivity index (χ2v) is 9.92. The van der Waals surface area contributed by atoms with Crippen LogP contribution in [0, 0.1) is 12.3 Å². The molecule has 0 spiro atoms. The lowest BCUT2D eigenvalue weighted by molar-refractivity contribution is -0.124. The van der Waals surface area contributed by atoms with Gasteiger partial charge < -0.3 is 14.7 Å². The first-order valence-corrected chi connectivity index (χ1v) is 10.6. The fourth-order valence-electron chi connectivity index (χ4n) is 4.22. The van der Waals surface area contributed by atoms with Gasteiger partial charge in [0.15, 0.2) is 5.78 Å². The minimum Gasteiger partial charge on any atom is -0.486 e. The molecule has 1 aliphatic rings. The van der Waals surface area contributed by atoms with Crippen LogP contribution in [0.1, 0.15) is 32.7 Å². The van der Waals surface area contributed by atoms with E-state index in [1.165, 1.54) is 4.90 Å². The number of carbonyl (C=O) groups is 2. The van der Waals surface area contributed by atoms with Gasteiger partial charge in [0.2, 0.25) is 0 Å². The molecular weight excluding hydrogens is 390 g/mol. The van der Waals surface area contributed by atoms with Crippen LogP contribution in [0.5, 0.6) is 5.75 Å². The van der Waals surface area contributed by atoms with Gasteiger partial charge in [-0.3, -0.25) is 9.69 Å². The van der Waals surface area contributed by atoms with Crippen molar-refractivity contribution in [3.05, 3.63) is 23.2 Å². The Morgan fingerprint density at radius 3 is 2.69 bits per heavy atom. The largest absolute Gasteiger partial charge is 0.486 e. The molecule has 7 nitrogen and oxygen atoms in total. The summed E-state index contributed by atoms with van der Waals surface area (Å²) in [5.41, 5.74) is 0.653. The average Bonchev–Trinajstić information content (AvgIpc) is 2.99. The van der Waals surface area contributed by atoms with Crippen molar-refractivity contribution < 1.29 is 19.4 Å². The number of thiazole rings is 1. The summed E-state index contributed by atoms with van der Waals surface area (Å²) in [5, 5.41) is 10.6. The molecule has 158 valence electrons. The number of aromatic nitrogens is 1. The van der Waals surface area contributed by atoms with Gasteiger partial charge in [0, 0.05) is 25.2 Å². The molecule has 1 unspecified atom stereocenters. The third-order valence-corrected chi connectivity index (χ3v) is 6.33. The zero-order valence-corrected chi connectivity index (χ0v) is 18.5. The van der Waals surface area contributed by atoms with E-state index in [0.29, 0.717) is 18.8 Å². The Morgan fingerprint density at radius 1 is 1.31 bits per heavy atom. The summed E-state index contributed by atoms with van der Waals surface area (Å²) in [4.78, 5) is 32.2. The first-order valence-electron chi connectivity index (χ1n) is 9.81. The molecule has 8 heteroatoms. The van der Waals surface area contributed by atoms with E-state index in [-0.39, 0.29) is 36.4 Å². The predicted octanol–water partition coefficient (Wildman–Crippen LogP) is 3.65. The standard InChI is InChI=1S/C21H29N3O4S/c1-13-19(21(3,4)5)24(20(26)27)9-8-23(13)11-15(25)12-28-16-6-7-18-17(10-16)22-14(2)29-18/h6-7,10,13,19H,8-9,11-12H2,1-5H3,(H,26,27)/t13-,19?/m0/s1. The summed E-state index contributed by atoms with van der Waals surface area (Å²) in [7, 11) is 0. The molecule has 29 heavy (non-hydrogen) atoms. The van der Waals surface area contributed by atoms with Crippen LogP contribution in [0.4, 0.5) is 4.79 Å². The molecule has 0 saturated carbocycles. The fourth-order valence-corrected chi connectivity index (χ4v) is 5.02. The number of ketones is 1. The van der Waals surface area contributed by atoms with Crippen LogP contribution < -0.4 is 4.74 Å². The highest BCUT2D eigenvalue weighted by Gasteiger charge is 2.43. The topological polar surface area (TPSA) is 83.0 Å². The van der Waals surface area contributed by atoms with E-state index in [1.54, 1.807) is 11.3 Å². The van der Waals surface area contributed by atoms with Crippen molar-refractivity contribution in [2.24, 2.45) is 5.41 Å². The molecule has 2 atom stereocenters. The first kappa shape index (κ1) is 21.5. The molecule has 1 aromatic carbocycles. The van der Waals surface area contributed by atoms with Gasteiger partial charge in [-0.2, -0.15) is 0 Å². The van der Waals surface area contributed by atoms with E-state index in [2.05, 4.69) is 9.88 Å². The highest BCUT2D eigenvalue weighted by atomic mass is 32.1. The summed E-state index contributed by atoms with van der Waals surface area (Å²) < 4.78 is 6.80. The average molecular weight is 420 g/mol. The molecule has 2 aromatic rings. The van der Waals surface area contributed by atoms with Crippen molar-refractivity contribution in [1.82, 2.24) is 14.8 Å². The van der Waals surface area contributed by atoms with Gasteiger partial charge in [0.1, 0.15) is 12.4 Å². The number of fused-ring (bicyclic) bond motifs is 1. The highest BCUT2D eigenvalue weighted by molar-refractivity contribution is 7.18. The maximum Gasteiger partial charge on any atom is 0.407 e. The van der Waals surface area contributed by atoms with E-state index in [9.17, 15) is 14.7 Å². The number of Topliss-reactive ketones (excluding diaryl/α,β-unsaturated/α-hetero) is 1. The van der Waals surface area contributed by atoms with Crippen LogP contribution in [0.15, 0.2) is 18.2 Å².